The van der Waals surface area contributed by atoms with Gasteiger partial charge in [-0.25, -0.2) is 8.78 Å². The van der Waals surface area contributed by atoms with Crippen LogP contribution in [0.4, 0.5) is 8.78 Å². The smallest absolute Gasteiger partial charge is 0.191 e. The zero-order valence-electron chi connectivity index (χ0n) is 13.8. The van der Waals surface area contributed by atoms with Gasteiger partial charge in [-0.15, -0.1) is 0 Å². The molecule has 124 valence electrons. The quantitative estimate of drug-likeness (QED) is 0.462. The van der Waals surface area contributed by atoms with Crippen LogP contribution in [0.1, 0.15) is 31.4 Å². The Hall–Kier alpha value is -1.69. The summed E-state index contributed by atoms with van der Waals surface area (Å²) in [6.07, 6.45) is 2.13. The van der Waals surface area contributed by atoms with Crippen LogP contribution < -0.4 is 10.6 Å². The predicted octanol–water partition coefficient (Wildman–Crippen LogP) is 2.53. The second-order valence-electron chi connectivity index (χ2n) is 5.35. The number of likely N-dealkylation sites (N-methyl/N-ethyl adjacent to an activating group) is 1. The normalized spacial score (nSPS) is 13.3. The Morgan fingerprint density at radius 2 is 1.86 bits per heavy atom. The summed E-state index contributed by atoms with van der Waals surface area (Å²) in [5.41, 5.74) is 0.0732. The lowest BCUT2D eigenvalue weighted by molar-refractivity contribution is 0.282. The van der Waals surface area contributed by atoms with Crippen molar-refractivity contribution in [3.8, 4) is 0 Å². The van der Waals surface area contributed by atoms with Gasteiger partial charge in [-0.3, -0.25) is 4.99 Å². The van der Waals surface area contributed by atoms with Crippen molar-refractivity contribution < 1.29 is 8.78 Å². The van der Waals surface area contributed by atoms with Crippen molar-refractivity contribution in [1.82, 2.24) is 15.5 Å². The molecule has 6 heteroatoms. The number of aliphatic imine (C=N–C) groups is 1. The molecule has 0 aromatic heterocycles. The Morgan fingerprint density at radius 1 is 1.23 bits per heavy atom. The average Bonchev–Trinajstić information content (AvgIpc) is 2.47. The molecule has 0 heterocycles. The van der Waals surface area contributed by atoms with Gasteiger partial charge in [0, 0.05) is 25.7 Å². The SMILES string of the molecule is CCCCNC(=NC)NCC(c1c(F)cccc1F)N(C)C. The number of hydrogen-bond acceptors (Lipinski definition) is 2. The first kappa shape index (κ1) is 18.4. The largest absolute Gasteiger partial charge is 0.356 e. The molecule has 0 aliphatic heterocycles. The molecular formula is C16H26F2N4. The third-order valence-corrected chi connectivity index (χ3v) is 3.47. The van der Waals surface area contributed by atoms with Gasteiger partial charge in [0.15, 0.2) is 5.96 Å². The molecule has 1 rings (SSSR count). The number of halogens is 2. The van der Waals surface area contributed by atoms with Crippen LogP contribution in [0, 0.1) is 11.6 Å². The predicted molar refractivity (Wildman–Crippen MR) is 87.1 cm³/mol. The number of guanidine groups is 1. The van der Waals surface area contributed by atoms with Crippen LogP contribution in [0.25, 0.3) is 0 Å². The Balaban J connectivity index is 2.77. The molecule has 1 atom stereocenters. The lowest BCUT2D eigenvalue weighted by Crippen LogP contribution is -2.42. The fourth-order valence-electron chi connectivity index (χ4n) is 2.17. The number of unbranched alkanes of at least 4 members (excludes halogenated alkanes) is 1. The highest BCUT2D eigenvalue weighted by molar-refractivity contribution is 5.79. The summed E-state index contributed by atoms with van der Waals surface area (Å²) < 4.78 is 28.0. The van der Waals surface area contributed by atoms with E-state index in [9.17, 15) is 8.78 Å². The van der Waals surface area contributed by atoms with Gasteiger partial charge in [0.05, 0.1) is 6.04 Å². The highest BCUT2D eigenvalue weighted by Crippen LogP contribution is 2.23. The number of rotatable bonds is 7. The highest BCUT2D eigenvalue weighted by Gasteiger charge is 2.22. The first-order valence-electron chi connectivity index (χ1n) is 7.56. The molecule has 1 aromatic carbocycles. The van der Waals surface area contributed by atoms with E-state index in [1.165, 1.54) is 18.2 Å². The molecule has 0 aliphatic carbocycles. The first-order valence-corrected chi connectivity index (χ1v) is 7.56. The van der Waals surface area contributed by atoms with Gasteiger partial charge in [0.1, 0.15) is 11.6 Å². The molecule has 22 heavy (non-hydrogen) atoms. The number of benzene rings is 1. The van der Waals surface area contributed by atoms with E-state index in [-0.39, 0.29) is 5.56 Å². The highest BCUT2D eigenvalue weighted by atomic mass is 19.1. The topological polar surface area (TPSA) is 39.7 Å². The van der Waals surface area contributed by atoms with E-state index in [2.05, 4.69) is 22.5 Å². The van der Waals surface area contributed by atoms with Gasteiger partial charge in [-0.05, 0) is 32.6 Å². The van der Waals surface area contributed by atoms with Gasteiger partial charge in [-0.1, -0.05) is 19.4 Å². The second-order valence-corrected chi connectivity index (χ2v) is 5.35. The third kappa shape index (κ3) is 5.26. The van der Waals surface area contributed by atoms with Crippen molar-refractivity contribution in [2.24, 2.45) is 4.99 Å². The second kappa shape index (κ2) is 9.35. The van der Waals surface area contributed by atoms with E-state index in [1.54, 1.807) is 26.0 Å². The van der Waals surface area contributed by atoms with Gasteiger partial charge in [0.25, 0.3) is 0 Å². The molecule has 0 saturated heterocycles. The minimum absolute atomic E-state index is 0.0732. The summed E-state index contributed by atoms with van der Waals surface area (Å²) in [4.78, 5) is 5.90. The van der Waals surface area contributed by atoms with E-state index in [1.807, 2.05) is 0 Å². The van der Waals surface area contributed by atoms with Crippen molar-refractivity contribution in [3.05, 3.63) is 35.4 Å². The zero-order chi connectivity index (χ0) is 16.5. The average molecular weight is 312 g/mol. The van der Waals surface area contributed by atoms with Crippen LogP contribution >= 0.6 is 0 Å². The summed E-state index contributed by atoms with van der Waals surface area (Å²) in [6.45, 7) is 3.29. The fraction of sp³-hybridized carbons (Fsp3) is 0.562. The minimum Gasteiger partial charge on any atom is -0.356 e. The zero-order valence-corrected chi connectivity index (χ0v) is 13.8. The minimum atomic E-state index is -0.533. The molecule has 0 fully saturated rings. The summed E-state index contributed by atoms with van der Waals surface area (Å²) in [7, 11) is 5.27. The molecule has 1 unspecified atom stereocenters. The molecule has 0 radical (unpaired) electrons. The lowest BCUT2D eigenvalue weighted by Gasteiger charge is -2.26. The first-order chi connectivity index (χ1) is 10.5. The van der Waals surface area contributed by atoms with Crippen LogP contribution in [0.2, 0.25) is 0 Å². The molecule has 0 bridgehead atoms. The monoisotopic (exact) mass is 312 g/mol. The maximum atomic E-state index is 14.0. The van der Waals surface area contributed by atoms with E-state index < -0.39 is 17.7 Å². The Kier molecular flexibility index (Phi) is 7.80. The van der Waals surface area contributed by atoms with E-state index in [0.717, 1.165) is 19.4 Å². The van der Waals surface area contributed by atoms with Gasteiger partial charge in [-0.2, -0.15) is 0 Å². The summed E-state index contributed by atoms with van der Waals surface area (Å²) >= 11 is 0. The maximum Gasteiger partial charge on any atom is 0.191 e. The molecule has 0 amide bonds. The van der Waals surface area contributed by atoms with Crippen LogP contribution in [-0.2, 0) is 0 Å². The van der Waals surface area contributed by atoms with Crippen LogP contribution in [0.15, 0.2) is 23.2 Å². The van der Waals surface area contributed by atoms with Crippen molar-refractivity contribution in [3.63, 3.8) is 0 Å². The summed E-state index contributed by atoms with van der Waals surface area (Å²) in [5, 5.41) is 6.30. The van der Waals surface area contributed by atoms with Crippen molar-refractivity contribution in [1.29, 1.82) is 0 Å². The van der Waals surface area contributed by atoms with E-state index in [4.69, 9.17) is 0 Å². The van der Waals surface area contributed by atoms with Crippen molar-refractivity contribution in [2.45, 2.75) is 25.8 Å². The Labute approximate surface area is 131 Å². The standard InChI is InChI=1S/C16H26F2N4/c1-5-6-10-20-16(19-2)21-11-14(22(3)4)15-12(17)8-7-9-13(15)18/h7-9,14H,5-6,10-11H2,1-4H3,(H2,19,20,21). The Bertz CT molecular complexity index is 469. The number of nitrogens with one attached hydrogen (secondary N) is 2. The van der Waals surface area contributed by atoms with Gasteiger partial charge >= 0.3 is 0 Å². The summed E-state index contributed by atoms with van der Waals surface area (Å²) in [5.74, 6) is -0.430. The van der Waals surface area contributed by atoms with Crippen LogP contribution in [0.3, 0.4) is 0 Å². The Morgan fingerprint density at radius 3 is 2.36 bits per heavy atom. The van der Waals surface area contributed by atoms with E-state index >= 15 is 0 Å². The van der Waals surface area contributed by atoms with Crippen LogP contribution in [0.5, 0.6) is 0 Å². The number of hydrogen-bond donors (Lipinski definition) is 2. The van der Waals surface area contributed by atoms with Crippen molar-refractivity contribution in [2.75, 3.05) is 34.2 Å². The molecule has 2 N–H and O–H groups in total. The third-order valence-electron chi connectivity index (χ3n) is 3.47. The molecule has 4 nitrogen and oxygen atoms in total. The molecule has 0 spiro atoms. The molecular weight excluding hydrogens is 286 g/mol. The molecule has 0 aliphatic rings. The fourth-order valence-corrected chi connectivity index (χ4v) is 2.17. The van der Waals surface area contributed by atoms with Gasteiger partial charge < -0.3 is 15.5 Å². The lowest BCUT2D eigenvalue weighted by atomic mass is 10.0. The summed E-state index contributed by atoms with van der Waals surface area (Å²) in [6, 6.07) is 3.51. The number of nitrogens with zero attached hydrogens (tertiary/aromatic N) is 2. The van der Waals surface area contributed by atoms with Crippen LogP contribution in [-0.4, -0.2) is 45.1 Å². The van der Waals surface area contributed by atoms with E-state index in [0.29, 0.717) is 12.5 Å². The van der Waals surface area contributed by atoms with Gasteiger partial charge in [0.2, 0.25) is 0 Å². The maximum absolute atomic E-state index is 14.0. The molecule has 1 aromatic rings. The molecule has 0 saturated carbocycles. The van der Waals surface area contributed by atoms with Crippen molar-refractivity contribution >= 4 is 5.96 Å².